The van der Waals surface area contributed by atoms with Crippen molar-refractivity contribution >= 4 is 22.4 Å². The molecule has 6 heteroatoms. The number of carbonyl (C=O) groups is 1. The highest BCUT2D eigenvalue weighted by Crippen LogP contribution is 2.26. The molecule has 2 heterocycles. The Kier molecular flexibility index (Phi) is 7.10. The highest BCUT2D eigenvalue weighted by Gasteiger charge is 2.11. The van der Waals surface area contributed by atoms with Crippen LogP contribution in [0.2, 0.25) is 0 Å². The van der Waals surface area contributed by atoms with Gasteiger partial charge in [0.15, 0.2) is 0 Å². The standard InChI is InChI=1S/C25H30N4O2/c30-23(14-5-8-17-29-15-6-1-2-7-16-29)26-20-11-9-10-19(18-20)24-21-12-3-4-13-22(21)25(31)28-27-24/h3-4,9-13,18H,1-2,5-8,14-17H2,(H,26,30)(H,28,31). The second kappa shape index (κ2) is 10.4. The number of unbranched alkanes of at least 4 members (excludes halogenated alkanes) is 1. The van der Waals surface area contributed by atoms with Crippen molar-refractivity contribution < 1.29 is 4.79 Å². The van der Waals surface area contributed by atoms with Crippen molar-refractivity contribution in [2.24, 2.45) is 0 Å². The smallest absolute Gasteiger partial charge is 0.272 e. The van der Waals surface area contributed by atoms with Gasteiger partial charge in [0.1, 0.15) is 0 Å². The average molecular weight is 419 g/mol. The maximum atomic E-state index is 12.4. The number of nitrogens with one attached hydrogen (secondary N) is 2. The first-order valence-corrected chi connectivity index (χ1v) is 11.3. The summed E-state index contributed by atoms with van der Waals surface area (Å²) >= 11 is 0. The number of hydrogen-bond donors (Lipinski definition) is 2. The van der Waals surface area contributed by atoms with Gasteiger partial charge in [0.25, 0.3) is 5.56 Å². The maximum Gasteiger partial charge on any atom is 0.272 e. The van der Waals surface area contributed by atoms with E-state index in [1.54, 1.807) is 6.07 Å². The summed E-state index contributed by atoms with van der Waals surface area (Å²) in [6.07, 6.45) is 7.78. The van der Waals surface area contributed by atoms with Crippen molar-refractivity contribution in [1.82, 2.24) is 15.1 Å². The Balaban J connectivity index is 1.35. The number of aromatic amines is 1. The van der Waals surface area contributed by atoms with Crippen LogP contribution in [0.3, 0.4) is 0 Å². The molecule has 2 N–H and O–H groups in total. The summed E-state index contributed by atoms with van der Waals surface area (Å²) in [7, 11) is 0. The molecule has 0 saturated carbocycles. The fourth-order valence-corrected chi connectivity index (χ4v) is 4.28. The fraction of sp³-hybridized carbons (Fsp3) is 0.400. The van der Waals surface area contributed by atoms with Gasteiger partial charge < -0.3 is 10.2 Å². The van der Waals surface area contributed by atoms with Crippen LogP contribution < -0.4 is 10.9 Å². The van der Waals surface area contributed by atoms with Crippen molar-refractivity contribution in [1.29, 1.82) is 0 Å². The lowest BCUT2D eigenvalue weighted by Crippen LogP contribution is -2.25. The molecule has 1 aromatic heterocycles. The molecule has 1 fully saturated rings. The molecule has 1 saturated heterocycles. The average Bonchev–Trinajstić information content (AvgIpc) is 3.06. The van der Waals surface area contributed by atoms with Gasteiger partial charge in [0, 0.05) is 23.1 Å². The van der Waals surface area contributed by atoms with Gasteiger partial charge in [-0.05, 0) is 63.5 Å². The van der Waals surface area contributed by atoms with Gasteiger partial charge in [-0.1, -0.05) is 43.2 Å². The van der Waals surface area contributed by atoms with Crippen molar-refractivity contribution in [3.8, 4) is 11.3 Å². The number of carbonyl (C=O) groups excluding carboxylic acids is 1. The van der Waals surface area contributed by atoms with Crippen LogP contribution in [-0.2, 0) is 4.79 Å². The molecule has 0 radical (unpaired) electrons. The number of benzene rings is 2. The molecule has 0 atom stereocenters. The number of nitrogens with zero attached hydrogens (tertiary/aromatic N) is 2. The fourth-order valence-electron chi connectivity index (χ4n) is 4.28. The molecule has 0 unspecified atom stereocenters. The molecule has 1 aliphatic rings. The summed E-state index contributed by atoms with van der Waals surface area (Å²) in [6, 6.07) is 15.0. The van der Waals surface area contributed by atoms with Crippen LogP contribution in [0, 0.1) is 0 Å². The first-order chi connectivity index (χ1) is 15.2. The summed E-state index contributed by atoms with van der Waals surface area (Å²) < 4.78 is 0. The van der Waals surface area contributed by atoms with Crippen LogP contribution in [0.25, 0.3) is 22.0 Å². The number of amides is 1. The molecule has 162 valence electrons. The van der Waals surface area contributed by atoms with E-state index >= 15 is 0 Å². The third-order valence-electron chi connectivity index (χ3n) is 5.94. The van der Waals surface area contributed by atoms with E-state index in [9.17, 15) is 9.59 Å². The summed E-state index contributed by atoms with van der Waals surface area (Å²) in [5.41, 5.74) is 2.09. The van der Waals surface area contributed by atoms with E-state index in [1.807, 2.05) is 42.5 Å². The zero-order valence-corrected chi connectivity index (χ0v) is 17.9. The number of rotatable bonds is 7. The van der Waals surface area contributed by atoms with Crippen LogP contribution in [-0.4, -0.2) is 40.6 Å². The lowest BCUT2D eigenvalue weighted by molar-refractivity contribution is -0.116. The highest BCUT2D eigenvalue weighted by molar-refractivity contribution is 5.95. The maximum absolute atomic E-state index is 12.4. The monoisotopic (exact) mass is 418 g/mol. The zero-order valence-electron chi connectivity index (χ0n) is 17.9. The molecular weight excluding hydrogens is 388 g/mol. The molecular formula is C25H30N4O2. The third-order valence-corrected chi connectivity index (χ3v) is 5.94. The topological polar surface area (TPSA) is 78.1 Å². The SMILES string of the molecule is O=C(CCCCN1CCCCCC1)Nc1cccc(-c2n[nH]c(=O)c3ccccc23)c1. The Hall–Kier alpha value is -2.99. The molecule has 0 bridgehead atoms. The summed E-state index contributed by atoms with van der Waals surface area (Å²) in [4.78, 5) is 27.0. The number of likely N-dealkylation sites (tertiary alicyclic amines) is 1. The molecule has 1 amide bonds. The lowest BCUT2D eigenvalue weighted by Gasteiger charge is -2.19. The first-order valence-electron chi connectivity index (χ1n) is 11.3. The van der Waals surface area contributed by atoms with E-state index in [1.165, 1.54) is 38.8 Å². The Bertz CT molecular complexity index is 1080. The zero-order chi connectivity index (χ0) is 21.5. The van der Waals surface area contributed by atoms with Gasteiger partial charge in [-0.2, -0.15) is 5.10 Å². The number of hydrogen-bond acceptors (Lipinski definition) is 4. The summed E-state index contributed by atoms with van der Waals surface area (Å²) in [5, 5.41) is 11.2. The molecule has 2 aromatic carbocycles. The lowest BCUT2D eigenvalue weighted by atomic mass is 10.0. The largest absolute Gasteiger partial charge is 0.326 e. The Morgan fingerprint density at radius 3 is 2.55 bits per heavy atom. The van der Waals surface area contributed by atoms with Crippen LogP contribution in [0.4, 0.5) is 5.69 Å². The van der Waals surface area contributed by atoms with E-state index in [2.05, 4.69) is 20.4 Å². The Morgan fingerprint density at radius 1 is 0.968 bits per heavy atom. The summed E-state index contributed by atoms with van der Waals surface area (Å²) in [6.45, 7) is 3.49. The second-order valence-electron chi connectivity index (χ2n) is 8.29. The van der Waals surface area contributed by atoms with Crippen LogP contribution >= 0.6 is 0 Å². The Morgan fingerprint density at radius 2 is 1.74 bits per heavy atom. The molecule has 3 aromatic rings. The van der Waals surface area contributed by atoms with Crippen molar-refractivity contribution in [2.75, 3.05) is 25.0 Å². The van der Waals surface area contributed by atoms with Gasteiger partial charge in [-0.15, -0.1) is 0 Å². The number of H-pyrrole nitrogens is 1. The van der Waals surface area contributed by atoms with E-state index in [0.29, 0.717) is 17.5 Å². The van der Waals surface area contributed by atoms with Crippen molar-refractivity contribution in [2.45, 2.75) is 44.9 Å². The quantitative estimate of drug-likeness (QED) is 0.551. The van der Waals surface area contributed by atoms with Crippen LogP contribution in [0.5, 0.6) is 0 Å². The predicted octanol–water partition coefficient (Wildman–Crippen LogP) is 4.57. The number of fused-ring (bicyclic) bond motifs is 1. The molecule has 4 rings (SSSR count). The minimum Gasteiger partial charge on any atom is -0.326 e. The van der Waals surface area contributed by atoms with Crippen LogP contribution in [0.15, 0.2) is 53.3 Å². The summed E-state index contributed by atoms with van der Waals surface area (Å²) in [5.74, 6) is 0.0345. The highest BCUT2D eigenvalue weighted by atomic mass is 16.1. The molecule has 1 aliphatic heterocycles. The molecule has 0 spiro atoms. The minimum absolute atomic E-state index is 0.0345. The van der Waals surface area contributed by atoms with Crippen molar-refractivity contribution in [3.63, 3.8) is 0 Å². The second-order valence-corrected chi connectivity index (χ2v) is 8.29. The van der Waals surface area contributed by atoms with Gasteiger partial charge in [-0.3, -0.25) is 9.59 Å². The molecule has 0 aliphatic carbocycles. The van der Waals surface area contributed by atoms with Crippen molar-refractivity contribution in [3.05, 3.63) is 58.9 Å². The normalized spacial score (nSPS) is 15.0. The van der Waals surface area contributed by atoms with E-state index in [-0.39, 0.29) is 11.5 Å². The number of aromatic nitrogens is 2. The van der Waals surface area contributed by atoms with Gasteiger partial charge in [0.2, 0.25) is 5.91 Å². The van der Waals surface area contributed by atoms with Gasteiger partial charge >= 0.3 is 0 Å². The predicted molar refractivity (Wildman–Crippen MR) is 125 cm³/mol. The van der Waals surface area contributed by atoms with Gasteiger partial charge in [-0.25, -0.2) is 5.10 Å². The molecule has 31 heavy (non-hydrogen) atoms. The van der Waals surface area contributed by atoms with E-state index in [0.717, 1.165) is 36.0 Å². The van der Waals surface area contributed by atoms with E-state index < -0.39 is 0 Å². The first kappa shape index (κ1) is 21.2. The third kappa shape index (κ3) is 5.58. The van der Waals surface area contributed by atoms with Crippen LogP contribution in [0.1, 0.15) is 44.9 Å². The molecule has 6 nitrogen and oxygen atoms in total. The van der Waals surface area contributed by atoms with E-state index in [4.69, 9.17) is 0 Å². The van der Waals surface area contributed by atoms with Gasteiger partial charge in [0.05, 0.1) is 11.1 Å². The minimum atomic E-state index is -0.205. The Labute approximate surface area is 182 Å². The number of anilines is 1.